The van der Waals surface area contributed by atoms with Crippen molar-refractivity contribution in [3.63, 3.8) is 0 Å². The van der Waals surface area contributed by atoms with Crippen LogP contribution in [-0.4, -0.2) is 0 Å². The maximum absolute atomic E-state index is 2.27. The van der Waals surface area contributed by atoms with Crippen molar-refractivity contribution in [1.82, 2.24) is 0 Å². The van der Waals surface area contributed by atoms with Gasteiger partial charge in [-0.1, -0.05) is 75.7 Å². The van der Waals surface area contributed by atoms with Gasteiger partial charge in [0.2, 0.25) is 0 Å². The van der Waals surface area contributed by atoms with Gasteiger partial charge in [0.05, 0.1) is 0 Å². The van der Waals surface area contributed by atoms with Crippen molar-refractivity contribution in [3.8, 4) is 11.1 Å². The fourth-order valence-electron chi connectivity index (χ4n) is 2.70. The Labute approximate surface area is 111 Å². The van der Waals surface area contributed by atoms with Crippen LogP contribution in [0.3, 0.4) is 0 Å². The first-order chi connectivity index (χ1) is 8.83. The molecule has 0 amide bonds. The van der Waals surface area contributed by atoms with E-state index in [0.717, 1.165) is 0 Å². The van der Waals surface area contributed by atoms with Crippen molar-refractivity contribution in [1.29, 1.82) is 0 Å². The fraction of sp³-hybridized carbons (Fsp3) is 0.333. The lowest BCUT2D eigenvalue weighted by molar-refractivity contribution is 0.797. The summed E-state index contributed by atoms with van der Waals surface area (Å²) in [5.74, 6) is 0.609. The first-order valence-electron chi connectivity index (χ1n) is 7.01. The second-order valence-electron chi connectivity index (χ2n) is 4.84. The van der Waals surface area contributed by atoms with Crippen LogP contribution in [0.1, 0.15) is 50.7 Å². The van der Waals surface area contributed by atoms with Gasteiger partial charge in [-0.15, -0.1) is 0 Å². The zero-order chi connectivity index (χ0) is 13.0. The third-order valence-electron chi connectivity index (χ3n) is 3.37. The van der Waals surface area contributed by atoms with Crippen LogP contribution in [0.15, 0.2) is 48.5 Å². The van der Waals surface area contributed by atoms with Gasteiger partial charge >= 0.3 is 0 Å². The largest absolute Gasteiger partial charge is 0.0656 e. The zero-order valence-corrected chi connectivity index (χ0v) is 11.6. The summed E-state index contributed by atoms with van der Waals surface area (Å²) < 4.78 is 0. The molecule has 0 atom stereocenters. The van der Waals surface area contributed by atoms with Crippen LogP contribution in [0.5, 0.6) is 0 Å². The third kappa shape index (κ3) is 2.20. The summed E-state index contributed by atoms with van der Waals surface area (Å²) >= 11 is 0. The van der Waals surface area contributed by atoms with E-state index in [0.29, 0.717) is 5.92 Å². The number of rotatable bonds is 1. The number of hydrogen-bond donors (Lipinski definition) is 0. The molecular weight excluding hydrogens is 216 g/mol. The van der Waals surface area contributed by atoms with Gasteiger partial charge in [-0.3, -0.25) is 0 Å². The van der Waals surface area contributed by atoms with E-state index in [4.69, 9.17) is 0 Å². The van der Waals surface area contributed by atoms with Gasteiger partial charge in [-0.25, -0.2) is 0 Å². The van der Waals surface area contributed by atoms with Crippen LogP contribution < -0.4 is 0 Å². The molecule has 0 bridgehead atoms. The van der Waals surface area contributed by atoms with E-state index < -0.39 is 0 Å². The first kappa shape index (κ1) is 12.9. The summed E-state index contributed by atoms with van der Waals surface area (Å²) in [6.45, 7) is 6.52. The molecule has 94 valence electrons. The fourth-order valence-corrected chi connectivity index (χ4v) is 2.70. The number of benzene rings is 2. The maximum atomic E-state index is 2.27. The maximum Gasteiger partial charge on any atom is 0.00990 e. The zero-order valence-electron chi connectivity index (χ0n) is 11.6. The quantitative estimate of drug-likeness (QED) is 0.604. The van der Waals surface area contributed by atoms with Gasteiger partial charge in [0.25, 0.3) is 0 Å². The molecule has 0 saturated heterocycles. The highest BCUT2D eigenvalue weighted by atomic mass is 14.3. The van der Waals surface area contributed by atoms with E-state index in [1.165, 1.54) is 35.1 Å². The lowest BCUT2D eigenvalue weighted by atomic mass is 9.95. The molecule has 0 N–H and O–H groups in total. The van der Waals surface area contributed by atoms with Gasteiger partial charge in [0.1, 0.15) is 0 Å². The number of fused-ring (bicyclic) bond motifs is 3. The van der Waals surface area contributed by atoms with Crippen molar-refractivity contribution < 1.29 is 0 Å². The second kappa shape index (κ2) is 5.86. The highest BCUT2D eigenvalue weighted by molar-refractivity contribution is 5.78. The molecule has 18 heavy (non-hydrogen) atoms. The van der Waals surface area contributed by atoms with E-state index in [2.05, 4.69) is 69.3 Å². The van der Waals surface area contributed by atoms with E-state index in [-0.39, 0.29) is 0 Å². The van der Waals surface area contributed by atoms with Crippen LogP contribution in [0.2, 0.25) is 0 Å². The third-order valence-corrected chi connectivity index (χ3v) is 3.37. The average Bonchev–Trinajstić information content (AvgIpc) is 2.73. The molecule has 0 saturated carbocycles. The molecule has 2 aromatic rings. The second-order valence-corrected chi connectivity index (χ2v) is 4.84. The summed E-state index contributed by atoms with van der Waals surface area (Å²) in [4.78, 5) is 0. The summed E-state index contributed by atoms with van der Waals surface area (Å²) in [5, 5.41) is 0. The summed E-state index contributed by atoms with van der Waals surface area (Å²) in [6.07, 6.45) is 2.44. The minimum atomic E-state index is 0.609. The Balaban J connectivity index is 0.000000367. The normalized spacial score (nSPS) is 12.4. The van der Waals surface area contributed by atoms with Gasteiger partial charge in [0, 0.05) is 5.92 Å². The SMILES string of the molecule is CCC.CCC1c2ccccc2-c2ccccc21. The first-order valence-corrected chi connectivity index (χ1v) is 7.01. The topological polar surface area (TPSA) is 0 Å². The predicted octanol–water partition coefficient (Wildman–Crippen LogP) is 5.63. The minimum absolute atomic E-state index is 0.609. The van der Waals surface area contributed by atoms with Gasteiger partial charge in [-0.05, 0) is 28.7 Å². The van der Waals surface area contributed by atoms with E-state index in [1.807, 2.05) is 0 Å². The molecule has 1 aliphatic carbocycles. The van der Waals surface area contributed by atoms with Crippen molar-refractivity contribution in [2.75, 3.05) is 0 Å². The molecule has 0 spiro atoms. The summed E-state index contributed by atoms with van der Waals surface area (Å²) in [5.41, 5.74) is 5.86. The van der Waals surface area contributed by atoms with Crippen molar-refractivity contribution in [3.05, 3.63) is 59.7 Å². The Hall–Kier alpha value is -1.56. The highest BCUT2D eigenvalue weighted by Crippen LogP contribution is 2.45. The smallest absolute Gasteiger partial charge is 0.00990 e. The molecule has 0 heterocycles. The Morgan fingerprint density at radius 3 is 1.50 bits per heavy atom. The molecule has 0 radical (unpaired) electrons. The van der Waals surface area contributed by atoms with Crippen LogP contribution >= 0.6 is 0 Å². The predicted molar refractivity (Wildman–Crippen MR) is 80.0 cm³/mol. The van der Waals surface area contributed by atoms with E-state index in [9.17, 15) is 0 Å². The van der Waals surface area contributed by atoms with Gasteiger partial charge in [-0.2, -0.15) is 0 Å². The van der Waals surface area contributed by atoms with Crippen LogP contribution in [0, 0.1) is 0 Å². The van der Waals surface area contributed by atoms with Crippen LogP contribution in [0.4, 0.5) is 0 Å². The average molecular weight is 238 g/mol. The molecule has 0 heteroatoms. The van der Waals surface area contributed by atoms with Gasteiger partial charge < -0.3 is 0 Å². The Morgan fingerprint density at radius 2 is 1.11 bits per heavy atom. The Morgan fingerprint density at radius 1 is 0.722 bits per heavy atom. The summed E-state index contributed by atoms with van der Waals surface area (Å²) in [7, 11) is 0. The number of hydrogen-bond acceptors (Lipinski definition) is 0. The molecule has 1 aliphatic rings. The standard InChI is InChI=1S/C15H14.C3H8/c1-2-11-12-7-3-5-9-14(12)15-10-6-4-8-13(11)15;1-3-2/h3-11H,2H2,1H3;3H2,1-2H3. The van der Waals surface area contributed by atoms with Crippen molar-refractivity contribution in [2.45, 2.75) is 39.5 Å². The molecule has 2 aromatic carbocycles. The Bertz CT molecular complexity index is 465. The van der Waals surface area contributed by atoms with Crippen molar-refractivity contribution >= 4 is 0 Å². The molecule has 3 rings (SSSR count). The minimum Gasteiger partial charge on any atom is -0.0656 e. The van der Waals surface area contributed by atoms with E-state index in [1.54, 1.807) is 0 Å². The molecular formula is C18H22. The van der Waals surface area contributed by atoms with Gasteiger partial charge in [0.15, 0.2) is 0 Å². The Kier molecular flexibility index (Phi) is 4.19. The lowest BCUT2D eigenvalue weighted by Crippen LogP contribution is -1.93. The molecule has 0 aliphatic heterocycles. The van der Waals surface area contributed by atoms with Crippen LogP contribution in [-0.2, 0) is 0 Å². The van der Waals surface area contributed by atoms with E-state index >= 15 is 0 Å². The van der Waals surface area contributed by atoms with Crippen molar-refractivity contribution in [2.24, 2.45) is 0 Å². The monoisotopic (exact) mass is 238 g/mol. The summed E-state index contributed by atoms with van der Waals surface area (Å²) in [6, 6.07) is 17.6. The molecule has 0 aromatic heterocycles. The molecule has 0 unspecified atom stereocenters. The molecule has 0 nitrogen and oxygen atoms in total. The molecule has 0 fully saturated rings. The van der Waals surface area contributed by atoms with Crippen LogP contribution in [0.25, 0.3) is 11.1 Å². The lowest BCUT2D eigenvalue weighted by Gasteiger charge is -2.09. The highest BCUT2D eigenvalue weighted by Gasteiger charge is 2.25.